The van der Waals surface area contributed by atoms with Crippen LogP contribution in [0.25, 0.3) is 98.7 Å². The SMILES string of the molecule is C#CC#CC#CC#CC1(C#CC#CC#CC#C)c2cc(-c3cc4c5ccccc5c(-c5ccc6ccccc6c5)cc4c4ccccc34)ccc2-c2ccc(N(c3ccc4c(c3)C(CCCC)(CCCC)c3cc(C)ccc3-4)c3ccc4c(c3)C(CCCC)(CCCC)c3cc(C)ccc3-4)cc21. The van der Waals surface area contributed by atoms with E-state index in [1.54, 1.807) is 0 Å². The maximum atomic E-state index is 5.62. The van der Waals surface area contributed by atoms with Gasteiger partial charge in [0.25, 0.3) is 0 Å². The minimum absolute atomic E-state index is 0.156. The predicted octanol–water partition coefficient (Wildman–Crippen LogP) is 24.6. The molecule has 0 N–H and O–H groups in total. The molecular formula is C101H79N. The van der Waals surface area contributed by atoms with E-state index in [2.05, 4.69) is 342 Å². The van der Waals surface area contributed by atoms with E-state index in [4.69, 9.17) is 12.8 Å². The molecule has 12 aromatic rings. The Morgan fingerprint density at radius 3 is 1.11 bits per heavy atom. The molecule has 0 unspecified atom stereocenters. The maximum absolute atomic E-state index is 5.62. The summed E-state index contributed by atoms with van der Waals surface area (Å²) in [6, 6.07) is 81.0. The summed E-state index contributed by atoms with van der Waals surface area (Å²) in [7, 11) is 0. The van der Waals surface area contributed by atoms with Crippen molar-refractivity contribution in [1.82, 2.24) is 0 Å². The summed E-state index contributed by atoms with van der Waals surface area (Å²) < 4.78 is 0. The van der Waals surface area contributed by atoms with Gasteiger partial charge in [0.1, 0.15) is 5.41 Å². The molecule has 102 heavy (non-hydrogen) atoms. The van der Waals surface area contributed by atoms with Gasteiger partial charge in [0.15, 0.2) is 0 Å². The Balaban J connectivity index is 0.981. The normalized spacial score (nSPS) is 13.0. The highest BCUT2D eigenvalue weighted by Gasteiger charge is 2.46. The molecule has 0 amide bonds. The molecule has 0 bridgehead atoms. The van der Waals surface area contributed by atoms with Gasteiger partial charge in [-0.25, -0.2) is 0 Å². The van der Waals surface area contributed by atoms with Crippen LogP contribution in [0.15, 0.2) is 212 Å². The van der Waals surface area contributed by atoms with Crippen LogP contribution in [0.2, 0.25) is 0 Å². The summed E-state index contributed by atoms with van der Waals surface area (Å²) in [6.07, 6.45) is 24.6. The number of rotatable bonds is 17. The fourth-order valence-electron chi connectivity index (χ4n) is 17.4. The first-order valence-corrected chi connectivity index (χ1v) is 36.5. The Morgan fingerprint density at radius 1 is 0.294 bits per heavy atom. The zero-order valence-electron chi connectivity index (χ0n) is 59.3. The topological polar surface area (TPSA) is 3.24 Å². The van der Waals surface area contributed by atoms with Gasteiger partial charge in [-0.15, -0.1) is 12.8 Å². The van der Waals surface area contributed by atoms with Gasteiger partial charge < -0.3 is 4.90 Å². The summed E-state index contributed by atoms with van der Waals surface area (Å²) in [5, 5.41) is 9.49. The molecule has 0 saturated carbocycles. The second-order valence-corrected chi connectivity index (χ2v) is 28.1. The largest absolute Gasteiger partial charge is 0.310 e. The summed E-state index contributed by atoms with van der Waals surface area (Å²) in [6.45, 7) is 13.9. The number of unbranched alkanes of at least 4 members (excludes halogenated alkanes) is 4. The van der Waals surface area contributed by atoms with E-state index < -0.39 is 5.41 Å². The molecular weight excluding hydrogens is 1230 g/mol. The van der Waals surface area contributed by atoms with Crippen molar-refractivity contribution in [3.8, 4) is 151 Å². The molecule has 488 valence electrons. The van der Waals surface area contributed by atoms with Crippen molar-refractivity contribution in [2.75, 3.05) is 4.90 Å². The van der Waals surface area contributed by atoms with Crippen LogP contribution in [0.5, 0.6) is 0 Å². The van der Waals surface area contributed by atoms with Gasteiger partial charge in [0, 0.05) is 27.9 Å². The number of benzene rings is 12. The molecule has 1 heteroatoms. The number of nitrogens with zero attached hydrogens (tertiary/aromatic N) is 1. The van der Waals surface area contributed by atoms with Crippen molar-refractivity contribution >= 4 is 60.2 Å². The van der Waals surface area contributed by atoms with E-state index in [0.29, 0.717) is 0 Å². The van der Waals surface area contributed by atoms with E-state index in [-0.39, 0.29) is 10.8 Å². The average molecular weight is 1310 g/mol. The fourth-order valence-corrected chi connectivity index (χ4v) is 17.4. The molecule has 0 saturated heterocycles. The smallest absolute Gasteiger partial charge is 0.145 e. The first kappa shape index (κ1) is 65.9. The fraction of sp³-hybridized carbons (Fsp3) is 0.208. The highest BCUT2D eigenvalue weighted by molar-refractivity contribution is 6.24. The molecule has 0 aliphatic heterocycles. The molecule has 15 rings (SSSR count). The molecule has 0 fully saturated rings. The third-order valence-electron chi connectivity index (χ3n) is 22.1. The lowest BCUT2D eigenvalue weighted by atomic mass is 9.70. The number of anilines is 3. The molecule has 0 spiro atoms. The van der Waals surface area contributed by atoms with E-state index in [1.807, 2.05) is 0 Å². The Morgan fingerprint density at radius 2 is 0.647 bits per heavy atom. The molecule has 1 nitrogen and oxygen atoms in total. The van der Waals surface area contributed by atoms with Crippen LogP contribution in [-0.2, 0) is 16.2 Å². The number of terminal acetylenes is 2. The number of fused-ring (bicyclic) bond motifs is 15. The van der Waals surface area contributed by atoms with Crippen molar-refractivity contribution in [1.29, 1.82) is 0 Å². The van der Waals surface area contributed by atoms with Crippen LogP contribution < -0.4 is 4.90 Å². The van der Waals surface area contributed by atoms with Crippen molar-refractivity contribution in [2.45, 2.75) is 135 Å². The number of hydrogen-bond acceptors (Lipinski definition) is 1. The van der Waals surface area contributed by atoms with Crippen molar-refractivity contribution in [3.05, 3.63) is 257 Å². The molecule has 3 aliphatic rings. The quantitative estimate of drug-likeness (QED) is 0.0649. The highest BCUT2D eigenvalue weighted by atomic mass is 15.1. The third kappa shape index (κ3) is 11.4. The Hall–Kier alpha value is -12.0. The van der Waals surface area contributed by atoms with Gasteiger partial charge in [-0.2, -0.15) is 0 Å². The van der Waals surface area contributed by atoms with Gasteiger partial charge in [-0.1, -0.05) is 254 Å². The molecule has 0 heterocycles. The van der Waals surface area contributed by atoms with Crippen molar-refractivity contribution < 1.29 is 0 Å². The Kier molecular flexibility index (Phi) is 18.0. The second kappa shape index (κ2) is 27.9. The van der Waals surface area contributed by atoms with E-state index in [1.165, 1.54) is 104 Å². The summed E-state index contributed by atoms with van der Waals surface area (Å²) in [4.78, 5) is 2.54. The third-order valence-corrected chi connectivity index (χ3v) is 22.1. The van der Waals surface area contributed by atoms with Crippen LogP contribution in [0.1, 0.15) is 149 Å². The summed E-state index contributed by atoms with van der Waals surface area (Å²) in [5.74, 6) is 41.9. The standard InChI is InChI=1S/C101H79N/c1-9-15-21-23-25-33-59-101(60-34-26-24-22-16-10-2)95-64-75(90-69-92-81-39-31-29-37-79(81)89(68-91(92)82-40-32-30-38-80(82)90)74-44-43-72-35-27-28-36-73(72)63-74)45-51-85(95)88-54-48-78(67-98(88)101)102(76-46-52-86-83-49-41-70(7)61-93(83)99(55-17-11-3,56-18-12-4)96(86)65-76)77-47-53-87-84-50-42-71(8)62-94(84)100(57-19-13-5,58-20-14-6)97(87)66-77/h1-2,27-32,35-54,61-69H,11-14,17-20,55-58H2,3-8H3. The summed E-state index contributed by atoms with van der Waals surface area (Å²) in [5.41, 5.74) is 23.8. The van der Waals surface area contributed by atoms with Gasteiger partial charge >= 0.3 is 0 Å². The van der Waals surface area contributed by atoms with Crippen LogP contribution in [0, 0.1) is 110 Å². The lowest BCUT2D eigenvalue weighted by molar-refractivity contribution is 0.414. The minimum atomic E-state index is -1.29. The molecule has 12 aromatic carbocycles. The predicted molar refractivity (Wildman–Crippen MR) is 433 cm³/mol. The van der Waals surface area contributed by atoms with Gasteiger partial charge in [0.05, 0.1) is 0 Å². The van der Waals surface area contributed by atoms with Crippen molar-refractivity contribution in [3.63, 3.8) is 0 Å². The Bertz CT molecular complexity index is 5740. The highest BCUT2D eigenvalue weighted by Crippen LogP contribution is 2.60. The maximum Gasteiger partial charge on any atom is 0.145 e. The lowest BCUT2D eigenvalue weighted by Crippen LogP contribution is -2.26. The number of aryl methyl sites for hydroxylation is 2. The zero-order chi connectivity index (χ0) is 70.0. The average Bonchev–Trinajstić information content (AvgIpc) is 1.49. The van der Waals surface area contributed by atoms with Gasteiger partial charge in [-0.05, 0) is 303 Å². The van der Waals surface area contributed by atoms with E-state index in [9.17, 15) is 0 Å². The van der Waals surface area contributed by atoms with Gasteiger partial charge in [0.2, 0.25) is 0 Å². The monoisotopic (exact) mass is 1310 g/mol. The zero-order valence-corrected chi connectivity index (χ0v) is 59.3. The van der Waals surface area contributed by atoms with Gasteiger partial charge in [-0.3, -0.25) is 0 Å². The first-order chi connectivity index (χ1) is 50.1. The minimum Gasteiger partial charge on any atom is -0.310 e. The molecule has 0 radical (unpaired) electrons. The van der Waals surface area contributed by atoms with Crippen LogP contribution >= 0.6 is 0 Å². The lowest BCUT2D eigenvalue weighted by Gasteiger charge is -2.35. The Labute approximate surface area is 604 Å². The van der Waals surface area contributed by atoms with E-state index in [0.717, 1.165) is 133 Å². The molecule has 0 atom stereocenters. The summed E-state index contributed by atoms with van der Waals surface area (Å²) >= 11 is 0. The van der Waals surface area contributed by atoms with Crippen LogP contribution in [0.3, 0.4) is 0 Å². The molecule has 3 aliphatic carbocycles. The van der Waals surface area contributed by atoms with Crippen molar-refractivity contribution in [2.24, 2.45) is 0 Å². The molecule has 0 aromatic heterocycles. The first-order valence-electron chi connectivity index (χ1n) is 36.5. The van der Waals surface area contributed by atoms with Crippen LogP contribution in [0.4, 0.5) is 17.1 Å². The number of hydrogen-bond donors (Lipinski definition) is 0. The van der Waals surface area contributed by atoms with Crippen LogP contribution in [-0.4, -0.2) is 0 Å². The second-order valence-electron chi connectivity index (χ2n) is 28.1. The van der Waals surface area contributed by atoms with E-state index >= 15 is 0 Å².